The van der Waals surface area contributed by atoms with Gasteiger partial charge in [0.15, 0.2) is 6.10 Å². The number of hydrogen-bond acceptors (Lipinski definition) is 5. The van der Waals surface area contributed by atoms with Crippen LogP contribution in [0, 0.1) is 6.92 Å². The first kappa shape index (κ1) is 17.4. The molecule has 0 spiro atoms. The van der Waals surface area contributed by atoms with Gasteiger partial charge in [-0.15, -0.1) is 0 Å². The normalized spacial score (nSPS) is 18.3. The first-order valence-corrected chi connectivity index (χ1v) is 8.90. The molecule has 3 aromatic rings. The molecule has 0 amide bonds. The Hall–Kier alpha value is -3.05. The number of benzene rings is 2. The second kappa shape index (κ2) is 7.68. The van der Waals surface area contributed by atoms with Gasteiger partial charge in [-0.25, -0.2) is 0 Å². The fourth-order valence-corrected chi connectivity index (χ4v) is 2.98. The van der Waals surface area contributed by atoms with Gasteiger partial charge in [0, 0.05) is 11.3 Å². The Kier molecular flexibility index (Phi) is 4.94. The maximum atomic E-state index is 10.8. The first-order valence-electron chi connectivity index (χ1n) is 8.90. The highest BCUT2D eigenvalue weighted by Gasteiger charge is 2.31. The molecule has 5 nitrogen and oxygen atoms in total. The van der Waals surface area contributed by atoms with Crippen LogP contribution in [0.5, 0.6) is 17.2 Å². The fraction of sp³-hybridized carbons (Fsp3) is 0.227. The van der Waals surface area contributed by atoms with Gasteiger partial charge in [0.25, 0.3) is 0 Å². The minimum Gasteiger partial charge on any atom is -0.489 e. The summed E-state index contributed by atoms with van der Waals surface area (Å²) in [5.41, 5.74) is 2.66. The van der Waals surface area contributed by atoms with Gasteiger partial charge < -0.3 is 19.3 Å². The number of aliphatic hydroxyl groups excluding tert-OH is 1. The van der Waals surface area contributed by atoms with E-state index in [1.165, 1.54) is 0 Å². The van der Waals surface area contributed by atoms with Crippen LogP contribution in [0.2, 0.25) is 0 Å². The minimum atomic E-state index is -0.810. The van der Waals surface area contributed by atoms with Crippen LogP contribution in [0.1, 0.15) is 22.9 Å². The SMILES string of the molecule is Cc1ccc(O[C@@H]2COc3ccc(OCc4ccccc4)cc3[C@@H]2O)cn1. The molecule has 1 N–H and O–H groups in total. The molecule has 2 heterocycles. The zero-order valence-corrected chi connectivity index (χ0v) is 15.0. The second-order valence-electron chi connectivity index (χ2n) is 6.52. The lowest BCUT2D eigenvalue weighted by atomic mass is 10.0. The van der Waals surface area contributed by atoms with Crippen molar-refractivity contribution in [2.45, 2.75) is 25.7 Å². The van der Waals surface area contributed by atoms with Crippen molar-refractivity contribution in [2.75, 3.05) is 6.61 Å². The molecule has 27 heavy (non-hydrogen) atoms. The number of pyridine rings is 1. The summed E-state index contributed by atoms with van der Waals surface area (Å²) in [6.07, 6.45) is 0.332. The van der Waals surface area contributed by atoms with Gasteiger partial charge in [-0.05, 0) is 42.8 Å². The number of ether oxygens (including phenoxy) is 3. The quantitative estimate of drug-likeness (QED) is 0.746. The lowest BCUT2D eigenvalue weighted by Gasteiger charge is -2.30. The molecule has 1 aliphatic heterocycles. The molecular weight excluding hydrogens is 342 g/mol. The molecular formula is C22H21NO4. The maximum Gasteiger partial charge on any atom is 0.163 e. The smallest absolute Gasteiger partial charge is 0.163 e. The number of fused-ring (bicyclic) bond motifs is 1. The lowest BCUT2D eigenvalue weighted by Crippen LogP contribution is -2.35. The monoisotopic (exact) mass is 363 g/mol. The highest BCUT2D eigenvalue weighted by Crippen LogP contribution is 2.36. The van der Waals surface area contributed by atoms with E-state index in [-0.39, 0.29) is 6.61 Å². The number of aryl methyl sites for hydroxylation is 1. The molecule has 1 aliphatic rings. The molecule has 0 fully saturated rings. The van der Waals surface area contributed by atoms with Crippen molar-refractivity contribution in [3.05, 3.63) is 83.7 Å². The Bertz CT molecular complexity index is 896. The van der Waals surface area contributed by atoms with Crippen LogP contribution in [0.25, 0.3) is 0 Å². The van der Waals surface area contributed by atoms with Crippen molar-refractivity contribution < 1.29 is 19.3 Å². The molecule has 2 atom stereocenters. The lowest BCUT2D eigenvalue weighted by molar-refractivity contribution is -0.0106. The summed E-state index contributed by atoms with van der Waals surface area (Å²) >= 11 is 0. The van der Waals surface area contributed by atoms with Crippen molar-refractivity contribution in [3.63, 3.8) is 0 Å². The van der Waals surface area contributed by atoms with E-state index in [4.69, 9.17) is 14.2 Å². The van der Waals surface area contributed by atoms with Crippen LogP contribution in [0.3, 0.4) is 0 Å². The molecule has 1 aromatic heterocycles. The van der Waals surface area contributed by atoms with Crippen molar-refractivity contribution >= 4 is 0 Å². The molecule has 2 aromatic carbocycles. The third kappa shape index (κ3) is 4.04. The summed E-state index contributed by atoms with van der Waals surface area (Å²) < 4.78 is 17.5. The molecule has 138 valence electrons. The van der Waals surface area contributed by atoms with Gasteiger partial charge in [-0.1, -0.05) is 30.3 Å². The molecule has 0 unspecified atom stereocenters. The van der Waals surface area contributed by atoms with Crippen LogP contribution in [0.4, 0.5) is 0 Å². The molecule has 0 radical (unpaired) electrons. The zero-order valence-electron chi connectivity index (χ0n) is 15.0. The van der Waals surface area contributed by atoms with E-state index in [2.05, 4.69) is 4.98 Å². The van der Waals surface area contributed by atoms with Crippen molar-refractivity contribution in [2.24, 2.45) is 0 Å². The Morgan fingerprint density at radius 1 is 1.07 bits per heavy atom. The van der Waals surface area contributed by atoms with E-state index in [0.29, 0.717) is 29.4 Å². The standard InChI is InChI=1S/C22H21NO4/c1-15-7-8-18(12-23-15)27-21-14-26-20-10-9-17(11-19(20)22(21)24)25-13-16-5-3-2-4-6-16/h2-12,21-22,24H,13-14H2,1H3/t21-,22+/m1/s1. The molecule has 0 bridgehead atoms. The summed E-state index contributed by atoms with van der Waals surface area (Å²) in [7, 11) is 0. The Balaban J connectivity index is 1.47. The van der Waals surface area contributed by atoms with Gasteiger partial charge in [0.2, 0.25) is 0 Å². The van der Waals surface area contributed by atoms with Gasteiger partial charge in [-0.2, -0.15) is 0 Å². The number of rotatable bonds is 5. The summed E-state index contributed by atoms with van der Waals surface area (Å²) in [6, 6.07) is 19.1. The van der Waals surface area contributed by atoms with Crippen LogP contribution >= 0.6 is 0 Å². The van der Waals surface area contributed by atoms with Crippen molar-refractivity contribution in [1.29, 1.82) is 0 Å². The Morgan fingerprint density at radius 2 is 1.89 bits per heavy atom. The molecule has 0 saturated carbocycles. The number of nitrogens with zero attached hydrogens (tertiary/aromatic N) is 1. The predicted molar refractivity (Wildman–Crippen MR) is 101 cm³/mol. The van der Waals surface area contributed by atoms with Gasteiger partial charge in [0.05, 0.1) is 6.20 Å². The number of aromatic nitrogens is 1. The van der Waals surface area contributed by atoms with Crippen molar-refractivity contribution in [1.82, 2.24) is 4.98 Å². The topological polar surface area (TPSA) is 60.8 Å². The predicted octanol–water partition coefficient (Wildman–Crippen LogP) is 3.84. The highest BCUT2D eigenvalue weighted by molar-refractivity contribution is 5.43. The second-order valence-corrected chi connectivity index (χ2v) is 6.52. The van der Waals surface area contributed by atoms with E-state index in [1.807, 2.05) is 67.6 Å². The van der Waals surface area contributed by atoms with Crippen LogP contribution < -0.4 is 14.2 Å². The molecule has 4 rings (SSSR count). The van der Waals surface area contributed by atoms with E-state index in [1.54, 1.807) is 6.20 Å². The Morgan fingerprint density at radius 3 is 2.67 bits per heavy atom. The van der Waals surface area contributed by atoms with E-state index >= 15 is 0 Å². The van der Waals surface area contributed by atoms with E-state index in [9.17, 15) is 5.11 Å². The minimum absolute atomic E-state index is 0.270. The summed E-state index contributed by atoms with van der Waals surface area (Å²) in [5.74, 6) is 1.93. The van der Waals surface area contributed by atoms with Gasteiger partial charge in [0.1, 0.15) is 36.6 Å². The first-order chi connectivity index (χ1) is 13.2. The summed E-state index contributed by atoms with van der Waals surface area (Å²) in [4.78, 5) is 4.21. The summed E-state index contributed by atoms with van der Waals surface area (Å²) in [6.45, 7) is 2.65. The largest absolute Gasteiger partial charge is 0.489 e. The third-order valence-electron chi connectivity index (χ3n) is 4.48. The molecule has 5 heteroatoms. The van der Waals surface area contributed by atoms with Gasteiger partial charge >= 0.3 is 0 Å². The van der Waals surface area contributed by atoms with Crippen LogP contribution in [0.15, 0.2) is 66.9 Å². The number of aliphatic hydroxyl groups is 1. The highest BCUT2D eigenvalue weighted by atomic mass is 16.5. The fourth-order valence-electron chi connectivity index (χ4n) is 2.98. The Labute approximate surface area is 158 Å². The summed E-state index contributed by atoms with van der Waals surface area (Å²) in [5, 5.41) is 10.8. The number of hydrogen-bond donors (Lipinski definition) is 1. The average Bonchev–Trinajstić information content (AvgIpc) is 2.71. The van der Waals surface area contributed by atoms with Gasteiger partial charge in [-0.3, -0.25) is 4.98 Å². The van der Waals surface area contributed by atoms with Crippen LogP contribution in [-0.4, -0.2) is 22.8 Å². The van der Waals surface area contributed by atoms with E-state index < -0.39 is 12.2 Å². The van der Waals surface area contributed by atoms with E-state index in [0.717, 1.165) is 11.3 Å². The molecule has 0 saturated heterocycles. The third-order valence-corrected chi connectivity index (χ3v) is 4.48. The maximum absolute atomic E-state index is 10.8. The zero-order chi connectivity index (χ0) is 18.6. The van der Waals surface area contributed by atoms with Crippen LogP contribution in [-0.2, 0) is 6.61 Å². The van der Waals surface area contributed by atoms with Crippen molar-refractivity contribution in [3.8, 4) is 17.2 Å². The average molecular weight is 363 g/mol. The molecule has 0 aliphatic carbocycles.